The lowest BCUT2D eigenvalue weighted by Crippen LogP contribution is -2.51. The second-order valence-electron chi connectivity index (χ2n) is 7.12. The summed E-state index contributed by atoms with van der Waals surface area (Å²) < 4.78 is 0. The third kappa shape index (κ3) is 3.18. The molecule has 0 aliphatic carbocycles. The van der Waals surface area contributed by atoms with Crippen LogP contribution in [0.3, 0.4) is 0 Å². The maximum absolute atomic E-state index is 3.43. The molecule has 0 spiro atoms. The molecule has 0 atom stereocenters. The monoisotopic (exact) mass is 260 g/mol. The van der Waals surface area contributed by atoms with Crippen molar-refractivity contribution in [2.24, 2.45) is 0 Å². The van der Waals surface area contributed by atoms with E-state index in [9.17, 15) is 0 Å². The van der Waals surface area contributed by atoms with E-state index in [2.05, 4.69) is 69.1 Å². The number of rotatable bonds is 2. The molecule has 1 heterocycles. The van der Waals surface area contributed by atoms with Gasteiger partial charge in [-0.25, -0.2) is 0 Å². The van der Waals surface area contributed by atoms with Gasteiger partial charge < -0.3 is 5.32 Å². The molecule has 0 radical (unpaired) electrons. The second kappa shape index (κ2) is 5.26. The summed E-state index contributed by atoms with van der Waals surface area (Å²) >= 11 is 0. The van der Waals surface area contributed by atoms with Crippen LogP contribution in [-0.2, 0) is 11.0 Å². The molecule has 0 bridgehead atoms. The molecule has 2 nitrogen and oxygen atoms in total. The van der Waals surface area contributed by atoms with Crippen molar-refractivity contribution in [3.05, 3.63) is 35.4 Å². The van der Waals surface area contributed by atoms with Gasteiger partial charge in [0.2, 0.25) is 0 Å². The molecule has 0 amide bonds. The summed E-state index contributed by atoms with van der Waals surface area (Å²) in [5.74, 6) is 0. The molecule has 2 heteroatoms. The number of nitrogens with zero attached hydrogens (tertiary/aromatic N) is 1. The van der Waals surface area contributed by atoms with Crippen LogP contribution in [0, 0.1) is 0 Å². The Hall–Kier alpha value is -0.860. The third-order valence-electron chi connectivity index (χ3n) is 4.36. The van der Waals surface area contributed by atoms with Gasteiger partial charge in [-0.3, -0.25) is 4.90 Å². The minimum absolute atomic E-state index is 0.124. The number of benzene rings is 1. The van der Waals surface area contributed by atoms with Gasteiger partial charge in [-0.05, 0) is 30.4 Å². The summed E-state index contributed by atoms with van der Waals surface area (Å²) in [7, 11) is 0. The van der Waals surface area contributed by atoms with E-state index in [-0.39, 0.29) is 11.0 Å². The van der Waals surface area contributed by atoms with Crippen LogP contribution in [0.2, 0.25) is 0 Å². The van der Waals surface area contributed by atoms with E-state index >= 15 is 0 Å². The van der Waals surface area contributed by atoms with Gasteiger partial charge in [0.15, 0.2) is 0 Å². The minimum atomic E-state index is 0.124. The highest BCUT2D eigenvalue weighted by Gasteiger charge is 2.29. The number of hydrogen-bond donors (Lipinski definition) is 1. The molecular weight excluding hydrogens is 232 g/mol. The highest BCUT2D eigenvalue weighted by atomic mass is 15.2. The molecule has 106 valence electrons. The van der Waals surface area contributed by atoms with E-state index < -0.39 is 0 Å². The van der Waals surface area contributed by atoms with Gasteiger partial charge in [-0.1, -0.05) is 45.0 Å². The fraction of sp³-hybridized carbons (Fsp3) is 0.647. The molecular formula is C17H28N2. The maximum Gasteiger partial charge on any atom is 0.0405 e. The summed E-state index contributed by atoms with van der Waals surface area (Å²) in [6.07, 6.45) is 0. The van der Waals surface area contributed by atoms with Crippen molar-refractivity contribution in [2.45, 2.75) is 45.6 Å². The molecule has 19 heavy (non-hydrogen) atoms. The smallest absolute Gasteiger partial charge is 0.0405 e. The van der Waals surface area contributed by atoms with Crippen molar-refractivity contribution >= 4 is 0 Å². The second-order valence-corrected chi connectivity index (χ2v) is 7.12. The van der Waals surface area contributed by atoms with Gasteiger partial charge in [0.05, 0.1) is 0 Å². The van der Waals surface area contributed by atoms with E-state index in [4.69, 9.17) is 0 Å². The van der Waals surface area contributed by atoms with Crippen molar-refractivity contribution in [2.75, 3.05) is 26.2 Å². The predicted octanol–water partition coefficient (Wildman–Crippen LogP) is 3.12. The van der Waals surface area contributed by atoms with Crippen LogP contribution in [0.25, 0.3) is 0 Å². The summed E-state index contributed by atoms with van der Waals surface area (Å²) in [5.41, 5.74) is 3.19. The zero-order chi connectivity index (χ0) is 14.1. The van der Waals surface area contributed by atoms with Gasteiger partial charge in [-0.2, -0.15) is 0 Å². The van der Waals surface area contributed by atoms with Crippen LogP contribution >= 0.6 is 0 Å². The topological polar surface area (TPSA) is 15.3 Å². The van der Waals surface area contributed by atoms with E-state index in [1.165, 1.54) is 11.1 Å². The predicted molar refractivity (Wildman–Crippen MR) is 82.6 cm³/mol. The van der Waals surface area contributed by atoms with Crippen LogP contribution in [0.4, 0.5) is 0 Å². The molecule has 1 aromatic rings. The van der Waals surface area contributed by atoms with E-state index in [1.807, 2.05) is 0 Å². The van der Waals surface area contributed by atoms with Gasteiger partial charge >= 0.3 is 0 Å². The van der Waals surface area contributed by atoms with Crippen LogP contribution in [0.5, 0.6) is 0 Å². The van der Waals surface area contributed by atoms with Gasteiger partial charge in [0.25, 0.3) is 0 Å². The summed E-state index contributed by atoms with van der Waals surface area (Å²) in [6.45, 7) is 15.9. The minimum Gasteiger partial charge on any atom is -0.314 e. The van der Waals surface area contributed by atoms with Crippen LogP contribution in [0.1, 0.15) is 45.7 Å². The zero-order valence-corrected chi connectivity index (χ0v) is 13.1. The first-order valence-electron chi connectivity index (χ1n) is 7.38. The van der Waals surface area contributed by atoms with E-state index in [0.29, 0.717) is 0 Å². The summed E-state index contributed by atoms with van der Waals surface area (Å²) in [6, 6.07) is 9.20. The Morgan fingerprint density at radius 2 is 1.32 bits per heavy atom. The number of hydrogen-bond acceptors (Lipinski definition) is 2. The molecule has 1 aromatic carbocycles. The normalized spacial score (nSPS) is 18.6. The molecule has 2 rings (SSSR count). The molecule has 0 saturated carbocycles. The van der Waals surface area contributed by atoms with Crippen molar-refractivity contribution in [3.8, 4) is 0 Å². The first-order chi connectivity index (χ1) is 8.82. The molecule has 0 unspecified atom stereocenters. The molecule has 1 N–H and O–H groups in total. The van der Waals surface area contributed by atoms with Crippen molar-refractivity contribution < 1.29 is 0 Å². The van der Waals surface area contributed by atoms with Crippen molar-refractivity contribution in [3.63, 3.8) is 0 Å². The number of nitrogens with one attached hydrogen (secondary N) is 1. The Balaban J connectivity index is 2.20. The zero-order valence-electron chi connectivity index (χ0n) is 13.1. The molecule has 0 aromatic heterocycles. The largest absolute Gasteiger partial charge is 0.314 e. The lowest BCUT2D eigenvalue weighted by Gasteiger charge is -2.41. The number of piperazine rings is 1. The Morgan fingerprint density at radius 3 is 1.79 bits per heavy atom. The highest BCUT2D eigenvalue weighted by Crippen LogP contribution is 2.30. The van der Waals surface area contributed by atoms with Crippen molar-refractivity contribution in [1.29, 1.82) is 0 Å². The SMILES string of the molecule is CC(C)(C)c1ccc(C(C)(C)N2CCNCC2)cc1. The summed E-state index contributed by atoms with van der Waals surface area (Å²) in [4.78, 5) is 2.58. The van der Waals surface area contributed by atoms with Gasteiger partial charge in [-0.15, -0.1) is 0 Å². The van der Waals surface area contributed by atoms with Crippen LogP contribution in [-0.4, -0.2) is 31.1 Å². The Morgan fingerprint density at radius 1 is 0.842 bits per heavy atom. The first-order valence-corrected chi connectivity index (χ1v) is 7.38. The third-order valence-corrected chi connectivity index (χ3v) is 4.36. The van der Waals surface area contributed by atoms with E-state index in [0.717, 1.165) is 26.2 Å². The van der Waals surface area contributed by atoms with Crippen LogP contribution < -0.4 is 5.32 Å². The van der Waals surface area contributed by atoms with Crippen LogP contribution in [0.15, 0.2) is 24.3 Å². The summed E-state index contributed by atoms with van der Waals surface area (Å²) in [5, 5.41) is 3.43. The quantitative estimate of drug-likeness (QED) is 0.879. The highest BCUT2D eigenvalue weighted by molar-refractivity contribution is 5.31. The first kappa shape index (κ1) is 14.5. The lowest BCUT2D eigenvalue weighted by atomic mass is 9.84. The maximum atomic E-state index is 3.43. The van der Waals surface area contributed by atoms with Crippen molar-refractivity contribution in [1.82, 2.24) is 10.2 Å². The van der Waals surface area contributed by atoms with E-state index in [1.54, 1.807) is 0 Å². The fourth-order valence-corrected chi connectivity index (χ4v) is 2.78. The Labute approximate surface area is 118 Å². The molecule has 1 aliphatic heterocycles. The Kier molecular flexibility index (Phi) is 4.03. The Bertz CT molecular complexity index is 406. The average molecular weight is 260 g/mol. The van der Waals surface area contributed by atoms with Gasteiger partial charge in [0, 0.05) is 31.7 Å². The average Bonchev–Trinajstić information content (AvgIpc) is 2.39. The standard InChI is InChI=1S/C17H28N2/c1-16(2,3)14-6-8-15(9-7-14)17(4,5)19-12-10-18-11-13-19/h6-9,18H,10-13H2,1-5H3. The fourth-order valence-electron chi connectivity index (χ4n) is 2.78. The molecule has 1 aliphatic rings. The molecule has 1 fully saturated rings. The lowest BCUT2D eigenvalue weighted by molar-refractivity contribution is 0.102. The van der Waals surface area contributed by atoms with Gasteiger partial charge in [0.1, 0.15) is 0 Å². The molecule has 1 saturated heterocycles.